The highest BCUT2D eigenvalue weighted by molar-refractivity contribution is 5.95. The first-order valence-corrected chi connectivity index (χ1v) is 7.03. The molecular formula is C16H16F3NO. The molecule has 1 amide bonds. The van der Waals surface area contributed by atoms with E-state index >= 15 is 0 Å². The average molecular weight is 295 g/mol. The van der Waals surface area contributed by atoms with Crippen LogP contribution in [0.3, 0.4) is 0 Å². The predicted molar refractivity (Wildman–Crippen MR) is 72.8 cm³/mol. The third kappa shape index (κ3) is 2.57. The highest BCUT2D eigenvalue weighted by Gasteiger charge is 2.41. The molecule has 2 saturated heterocycles. The lowest BCUT2D eigenvalue weighted by Crippen LogP contribution is -2.44. The molecule has 5 heteroatoms. The van der Waals surface area contributed by atoms with Gasteiger partial charge in [0.25, 0.3) is 5.91 Å². The summed E-state index contributed by atoms with van der Waals surface area (Å²) in [6.07, 6.45) is -0.846. The van der Waals surface area contributed by atoms with Gasteiger partial charge in [-0.25, -0.2) is 0 Å². The molecule has 2 bridgehead atoms. The number of halogens is 3. The SMILES string of the molecule is C=C1CC2CCC(C1)N2C(=O)c1ccc(C(F)(F)F)cc1. The first-order chi connectivity index (χ1) is 9.86. The Balaban J connectivity index is 1.81. The Morgan fingerprint density at radius 3 is 2.10 bits per heavy atom. The second kappa shape index (κ2) is 4.90. The Kier molecular flexibility index (Phi) is 3.30. The van der Waals surface area contributed by atoms with E-state index in [1.165, 1.54) is 17.7 Å². The highest BCUT2D eigenvalue weighted by Crippen LogP contribution is 2.38. The zero-order chi connectivity index (χ0) is 15.2. The van der Waals surface area contributed by atoms with Gasteiger partial charge in [0.1, 0.15) is 0 Å². The van der Waals surface area contributed by atoms with Crippen LogP contribution >= 0.6 is 0 Å². The Morgan fingerprint density at radius 1 is 1.10 bits per heavy atom. The number of rotatable bonds is 1. The van der Waals surface area contributed by atoms with Crippen molar-refractivity contribution in [2.75, 3.05) is 0 Å². The smallest absolute Gasteiger partial charge is 0.332 e. The third-order valence-electron chi connectivity index (χ3n) is 4.36. The maximum absolute atomic E-state index is 12.5. The van der Waals surface area contributed by atoms with Crippen LogP contribution in [0.1, 0.15) is 41.6 Å². The minimum atomic E-state index is -4.37. The van der Waals surface area contributed by atoms with Crippen molar-refractivity contribution in [3.05, 3.63) is 47.5 Å². The van der Waals surface area contributed by atoms with Gasteiger partial charge in [-0.05, 0) is 49.9 Å². The molecule has 0 N–H and O–H groups in total. The molecule has 0 saturated carbocycles. The molecule has 0 aliphatic carbocycles. The highest BCUT2D eigenvalue weighted by atomic mass is 19.4. The van der Waals surface area contributed by atoms with Crippen LogP contribution in [0.4, 0.5) is 13.2 Å². The summed E-state index contributed by atoms with van der Waals surface area (Å²) in [5.41, 5.74) is 0.764. The second-order valence-corrected chi connectivity index (χ2v) is 5.83. The number of amides is 1. The number of hydrogen-bond acceptors (Lipinski definition) is 1. The van der Waals surface area contributed by atoms with Crippen molar-refractivity contribution in [1.82, 2.24) is 4.90 Å². The Hall–Kier alpha value is -1.78. The number of benzene rings is 1. The summed E-state index contributed by atoms with van der Waals surface area (Å²) in [6, 6.07) is 4.80. The minimum absolute atomic E-state index is 0.158. The number of carbonyl (C=O) groups excluding carboxylic acids is 1. The molecule has 2 fully saturated rings. The first kappa shape index (κ1) is 14.2. The van der Waals surface area contributed by atoms with Crippen LogP contribution < -0.4 is 0 Å². The van der Waals surface area contributed by atoms with Crippen molar-refractivity contribution in [3.8, 4) is 0 Å². The number of nitrogens with zero attached hydrogens (tertiary/aromatic N) is 1. The molecule has 21 heavy (non-hydrogen) atoms. The van der Waals surface area contributed by atoms with E-state index < -0.39 is 11.7 Å². The van der Waals surface area contributed by atoms with Crippen molar-refractivity contribution in [3.63, 3.8) is 0 Å². The molecule has 0 radical (unpaired) electrons. The average Bonchev–Trinajstić information content (AvgIpc) is 2.69. The van der Waals surface area contributed by atoms with E-state index in [1.807, 2.05) is 4.90 Å². The van der Waals surface area contributed by atoms with E-state index in [0.717, 1.165) is 37.8 Å². The standard InChI is InChI=1S/C16H16F3NO/c1-10-8-13-6-7-14(9-10)20(13)15(21)11-2-4-12(5-3-11)16(17,18)19/h2-5,13-14H,1,6-9H2. The van der Waals surface area contributed by atoms with E-state index in [9.17, 15) is 18.0 Å². The number of fused-ring (bicyclic) bond motifs is 2. The van der Waals surface area contributed by atoms with Crippen molar-refractivity contribution in [2.45, 2.75) is 43.9 Å². The lowest BCUT2D eigenvalue weighted by Gasteiger charge is -2.36. The molecule has 3 rings (SSSR count). The largest absolute Gasteiger partial charge is 0.416 e. The van der Waals surface area contributed by atoms with E-state index in [2.05, 4.69) is 6.58 Å². The topological polar surface area (TPSA) is 20.3 Å². The Bertz CT molecular complexity index is 560. The molecule has 112 valence electrons. The van der Waals surface area contributed by atoms with E-state index in [-0.39, 0.29) is 18.0 Å². The molecule has 0 spiro atoms. The van der Waals surface area contributed by atoms with E-state index in [4.69, 9.17) is 0 Å². The molecule has 1 aromatic carbocycles. The van der Waals surface area contributed by atoms with Crippen LogP contribution in [0.25, 0.3) is 0 Å². The van der Waals surface area contributed by atoms with Gasteiger partial charge in [0.2, 0.25) is 0 Å². The zero-order valence-electron chi connectivity index (χ0n) is 11.5. The maximum Gasteiger partial charge on any atom is 0.416 e. The minimum Gasteiger partial charge on any atom is -0.332 e. The van der Waals surface area contributed by atoms with Crippen LogP contribution in [0.15, 0.2) is 36.4 Å². The Labute approximate surface area is 121 Å². The third-order valence-corrected chi connectivity index (χ3v) is 4.36. The van der Waals surface area contributed by atoms with Gasteiger partial charge in [-0.15, -0.1) is 0 Å². The number of piperidine rings is 1. The van der Waals surface area contributed by atoms with Crippen molar-refractivity contribution >= 4 is 5.91 Å². The molecule has 2 unspecified atom stereocenters. The summed E-state index contributed by atoms with van der Waals surface area (Å²) >= 11 is 0. The van der Waals surface area contributed by atoms with Gasteiger partial charge >= 0.3 is 6.18 Å². The number of hydrogen-bond donors (Lipinski definition) is 0. The second-order valence-electron chi connectivity index (χ2n) is 5.83. The Morgan fingerprint density at radius 2 is 1.62 bits per heavy atom. The lowest BCUT2D eigenvalue weighted by molar-refractivity contribution is -0.137. The fourth-order valence-corrected chi connectivity index (χ4v) is 3.39. The quantitative estimate of drug-likeness (QED) is 0.716. The number of alkyl halides is 3. The monoisotopic (exact) mass is 295 g/mol. The van der Waals surface area contributed by atoms with Gasteiger partial charge in [-0.2, -0.15) is 13.2 Å². The van der Waals surface area contributed by atoms with Crippen LogP contribution in [-0.4, -0.2) is 22.9 Å². The first-order valence-electron chi connectivity index (χ1n) is 7.03. The van der Waals surface area contributed by atoms with Gasteiger partial charge in [-0.1, -0.05) is 12.2 Å². The van der Waals surface area contributed by atoms with Crippen LogP contribution in [-0.2, 0) is 6.18 Å². The van der Waals surface area contributed by atoms with Crippen LogP contribution in [0, 0.1) is 0 Å². The molecular weight excluding hydrogens is 279 g/mol. The summed E-state index contributed by atoms with van der Waals surface area (Å²) in [4.78, 5) is 14.4. The molecule has 2 heterocycles. The lowest BCUT2D eigenvalue weighted by atomic mass is 9.97. The fourth-order valence-electron chi connectivity index (χ4n) is 3.39. The van der Waals surface area contributed by atoms with Crippen LogP contribution in [0.5, 0.6) is 0 Å². The van der Waals surface area contributed by atoms with Crippen molar-refractivity contribution < 1.29 is 18.0 Å². The van der Waals surface area contributed by atoms with Crippen molar-refractivity contribution in [1.29, 1.82) is 0 Å². The normalized spacial score (nSPS) is 25.3. The summed E-state index contributed by atoms with van der Waals surface area (Å²) in [5, 5.41) is 0. The number of carbonyl (C=O) groups is 1. The molecule has 2 aliphatic rings. The molecule has 2 atom stereocenters. The van der Waals surface area contributed by atoms with Gasteiger partial charge in [-0.3, -0.25) is 4.79 Å². The van der Waals surface area contributed by atoms with E-state index in [1.54, 1.807) is 0 Å². The zero-order valence-corrected chi connectivity index (χ0v) is 11.5. The van der Waals surface area contributed by atoms with Gasteiger partial charge in [0, 0.05) is 17.6 Å². The molecule has 2 nitrogen and oxygen atoms in total. The summed E-state index contributed by atoms with van der Waals surface area (Å²) in [6.45, 7) is 4.00. The maximum atomic E-state index is 12.5. The van der Waals surface area contributed by atoms with Gasteiger partial charge < -0.3 is 4.90 Å². The molecule has 0 aromatic heterocycles. The summed E-state index contributed by atoms with van der Waals surface area (Å²) in [5.74, 6) is -0.163. The fraction of sp³-hybridized carbons (Fsp3) is 0.438. The summed E-state index contributed by atoms with van der Waals surface area (Å²) < 4.78 is 37.6. The summed E-state index contributed by atoms with van der Waals surface area (Å²) in [7, 11) is 0. The molecule has 1 aromatic rings. The van der Waals surface area contributed by atoms with Crippen molar-refractivity contribution in [2.24, 2.45) is 0 Å². The van der Waals surface area contributed by atoms with Gasteiger partial charge in [0.15, 0.2) is 0 Å². The predicted octanol–water partition coefficient (Wildman–Crippen LogP) is 4.03. The van der Waals surface area contributed by atoms with E-state index in [0.29, 0.717) is 5.56 Å². The van der Waals surface area contributed by atoms with Crippen LogP contribution in [0.2, 0.25) is 0 Å². The molecule has 2 aliphatic heterocycles. The van der Waals surface area contributed by atoms with Gasteiger partial charge in [0.05, 0.1) is 5.56 Å².